The van der Waals surface area contributed by atoms with Crippen LogP contribution >= 0.6 is 0 Å². The number of carbonyl (C=O) groups is 2. The van der Waals surface area contributed by atoms with E-state index in [9.17, 15) is 14.7 Å². The number of nitrogens with zero attached hydrogens (tertiary/aromatic N) is 3. The maximum atomic E-state index is 13.1. The van der Waals surface area contributed by atoms with Crippen LogP contribution < -0.4 is 9.64 Å². The van der Waals surface area contributed by atoms with Crippen molar-refractivity contribution in [1.29, 1.82) is 5.41 Å². The summed E-state index contributed by atoms with van der Waals surface area (Å²) in [7, 11) is 0. The van der Waals surface area contributed by atoms with E-state index in [0.717, 1.165) is 24.1 Å². The Morgan fingerprint density at radius 1 is 1.18 bits per heavy atom. The van der Waals surface area contributed by atoms with E-state index in [1.165, 1.54) is 0 Å². The summed E-state index contributed by atoms with van der Waals surface area (Å²) < 4.78 is 5.42. The lowest BCUT2D eigenvalue weighted by Crippen LogP contribution is -2.30. The third kappa shape index (κ3) is 4.41. The van der Waals surface area contributed by atoms with Crippen molar-refractivity contribution < 1.29 is 24.5 Å². The van der Waals surface area contributed by atoms with Crippen LogP contribution in [0.1, 0.15) is 52.5 Å². The molecule has 9 nitrogen and oxygen atoms in total. The first kappa shape index (κ1) is 21.4. The predicted octanol–water partition coefficient (Wildman–Crippen LogP) is 2.02. The molecule has 2 fully saturated rings. The zero-order valence-corrected chi connectivity index (χ0v) is 18.2. The number of carbonyl (C=O) groups excluding carboxylic acids is 1. The van der Waals surface area contributed by atoms with Gasteiger partial charge in [-0.1, -0.05) is 6.07 Å². The van der Waals surface area contributed by atoms with Crippen molar-refractivity contribution in [2.45, 2.75) is 37.8 Å². The van der Waals surface area contributed by atoms with Crippen LogP contribution in [0.2, 0.25) is 0 Å². The fourth-order valence-electron chi connectivity index (χ4n) is 4.44. The van der Waals surface area contributed by atoms with Gasteiger partial charge in [0, 0.05) is 42.4 Å². The summed E-state index contributed by atoms with van der Waals surface area (Å²) in [5, 5.41) is 27.4. The summed E-state index contributed by atoms with van der Waals surface area (Å²) in [6.07, 6.45) is 2.40. The highest BCUT2D eigenvalue weighted by atomic mass is 16.5. The van der Waals surface area contributed by atoms with Crippen LogP contribution in [0, 0.1) is 5.41 Å². The third-order valence-corrected chi connectivity index (χ3v) is 6.37. The predicted molar refractivity (Wildman–Crippen MR) is 120 cm³/mol. The Bertz CT molecular complexity index is 1130. The van der Waals surface area contributed by atoms with Gasteiger partial charge in [-0.2, -0.15) is 0 Å². The van der Waals surface area contributed by atoms with Crippen molar-refractivity contribution in [2.24, 2.45) is 0 Å². The summed E-state index contributed by atoms with van der Waals surface area (Å²) in [4.78, 5) is 32.4. The second kappa shape index (κ2) is 8.47. The topological polar surface area (TPSA) is 127 Å². The van der Waals surface area contributed by atoms with Crippen LogP contribution in [-0.4, -0.2) is 70.0 Å². The average Bonchev–Trinajstić information content (AvgIpc) is 3.49. The molecule has 1 aromatic heterocycles. The van der Waals surface area contributed by atoms with Crippen molar-refractivity contribution in [2.75, 3.05) is 31.1 Å². The zero-order chi connectivity index (χ0) is 23.1. The number of aliphatic hydroxyl groups is 1. The van der Waals surface area contributed by atoms with E-state index in [2.05, 4.69) is 4.98 Å². The van der Waals surface area contributed by atoms with Gasteiger partial charge in [-0.25, -0.2) is 9.78 Å². The summed E-state index contributed by atoms with van der Waals surface area (Å²) in [6, 6.07) is 8.95. The summed E-state index contributed by atoms with van der Waals surface area (Å²) >= 11 is 0. The fourth-order valence-corrected chi connectivity index (χ4v) is 4.44. The number of ketones is 1. The Hall–Kier alpha value is -3.46. The highest BCUT2D eigenvalue weighted by molar-refractivity contribution is 6.04. The molecule has 1 aromatic carbocycles. The number of aliphatic carboxylic acids is 1. The maximum Gasteiger partial charge on any atom is 0.341 e. The second-order valence-electron chi connectivity index (χ2n) is 8.90. The number of anilines is 1. The van der Waals surface area contributed by atoms with Crippen LogP contribution in [0.4, 0.5) is 5.69 Å². The SMILES string of the molecule is N=C1c2nc(C3CC3)ccc2CN1CC(=O)c1ccc(OCC(=O)O)c(N2CCC(O)C2)c1. The average molecular weight is 450 g/mol. The van der Waals surface area contributed by atoms with Gasteiger partial charge < -0.3 is 24.7 Å². The molecule has 1 aliphatic carbocycles. The van der Waals surface area contributed by atoms with Gasteiger partial charge in [0.2, 0.25) is 0 Å². The lowest BCUT2D eigenvalue weighted by Gasteiger charge is -2.22. The first-order valence-corrected chi connectivity index (χ1v) is 11.2. The molecule has 0 amide bonds. The molecule has 9 heteroatoms. The summed E-state index contributed by atoms with van der Waals surface area (Å²) in [5.74, 6) is -0.108. The van der Waals surface area contributed by atoms with Gasteiger partial charge in [-0.15, -0.1) is 0 Å². The van der Waals surface area contributed by atoms with Crippen molar-refractivity contribution in [3.05, 3.63) is 52.8 Å². The first-order chi connectivity index (χ1) is 15.9. The highest BCUT2D eigenvalue weighted by Crippen LogP contribution is 2.40. The Kier molecular flexibility index (Phi) is 5.49. The Labute approximate surface area is 191 Å². The summed E-state index contributed by atoms with van der Waals surface area (Å²) in [6.45, 7) is 1.01. The Morgan fingerprint density at radius 3 is 2.70 bits per heavy atom. The Balaban J connectivity index is 1.33. The van der Waals surface area contributed by atoms with E-state index in [4.69, 9.17) is 15.3 Å². The molecule has 1 atom stereocenters. The van der Waals surface area contributed by atoms with E-state index < -0.39 is 18.7 Å². The second-order valence-corrected chi connectivity index (χ2v) is 8.90. The Morgan fingerprint density at radius 2 is 2.00 bits per heavy atom. The molecule has 3 aliphatic rings. The van der Waals surface area contributed by atoms with Gasteiger partial charge in [0.15, 0.2) is 12.4 Å². The maximum absolute atomic E-state index is 13.1. The highest BCUT2D eigenvalue weighted by Gasteiger charge is 2.31. The lowest BCUT2D eigenvalue weighted by molar-refractivity contribution is -0.139. The van der Waals surface area contributed by atoms with Crippen molar-refractivity contribution >= 4 is 23.3 Å². The van der Waals surface area contributed by atoms with Crippen LogP contribution in [0.25, 0.3) is 0 Å². The van der Waals surface area contributed by atoms with E-state index in [1.54, 1.807) is 23.1 Å². The third-order valence-electron chi connectivity index (χ3n) is 6.37. The van der Waals surface area contributed by atoms with Gasteiger partial charge in [0.1, 0.15) is 17.3 Å². The number of amidine groups is 1. The largest absolute Gasteiger partial charge is 0.480 e. The number of benzene rings is 1. The number of hydrogen-bond donors (Lipinski definition) is 3. The molecule has 3 N–H and O–H groups in total. The van der Waals surface area contributed by atoms with Gasteiger partial charge in [0.25, 0.3) is 0 Å². The van der Waals surface area contributed by atoms with Gasteiger partial charge >= 0.3 is 5.97 Å². The number of hydrogen-bond acceptors (Lipinski definition) is 7. The molecular weight excluding hydrogens is 424 g/mol. The number of aromatic nitrogens is 1. The number of Topliss-reactive ketones (excluding diaryl/α,β-unsaturated/α-hetero) is 1. The molecule has 5 rings (SSSR count). The van der Waals surface area contributed by atoms with Crippen LogP contribution in [0.5, 0.6) is 5.75 Å². The van der Waals surface area contributed by atoms with Crippen molar-refractivity contribution in [3.63, 3.8) is 0 Å². The molecule has 2 aliphatic heterocycles. The number of rotatable bonds is 8. The van der Waals surface area contributed by atoms with Crippen molar-refractivity contribution in [3.8, 4) is 5.75 Å². The lowest BCUT2D eigenvalue weighted by atomic mass is 10.1. The normalized spacial score (nSPS) is 19.7. The molecule has 1 saturated heterocycles. The molecule has 172 valence electrons. The molecule has 0 bridgehead atoms. The standard InChI is InChI=1S/C24H26N4O5/c25-24-23-16(3-5-18(26-23)14-1-2-14)10-28(24)12-20(30)15-4-6-21(33-13-22(31)32)19(9-15)27-8-7-17(29)11-27/h3-6,9,14,17,25,29H,1-2,7-8,10-13H2,(H,31,32). The quantitative estimate of drug-likeness (QED) is 0.522. The zero-order valence-electron chi connectivity index (χ0n) is 18.2. The molecule has 0 spiro atoms. The number of pyridine rings is 1. The monoisotopic (exact) mass is 450 g/mol. The number of fused-ring (bicyclic) bond motifs is 1. The fraction of sp³-hybridized carbons (Fsp3) is 0.417. The minimum absolute atomic E-state index is 0.0470. The number of aliphatic hydroxyl groups excluding tert-OH is 1. The minimum Gasteiger partial charge on any atom is -0.480 e. The molecule has 3 heterocycles. The molecule has 2 aromatic rings. The van der Waals surface area contributed by atoms with Crippen molar-refractivity contribution in [1.82, 2.24) is 9.88 Å². The molecule has 1 saturated carbocycles. The van der Waals surface area contributed by atoms with Gasteiger partial charge in [0.05, 0.1) is 18.3 Å². The molecule has 0 radical (unpaired) electrons. The molecule has 33 heavy (non-hydrogen) atoms. The number of nitrogens with one attached hydrogen (secondary N) is 1. The van der Waals surface area contributed by atoms with Crippen LogP contribution in [0.15, 0.2) is 30.3 Å². The van der Waals surface area contributed by atoms with E-state index >= 15 is 0 Å². The van der Waals surface area contributed by atoms with E-state index in [1.807, 2.05) is 17.0 Å². The summed E-state index contributed by atoms with van der Waals surface area (Å²) in [5.41, 5.74) is 3.69. The minimum atomic E-state index is -1.09. The number of carboxylic acids is 1. The number of ether oxygens (including phenoxy) is 1. The van der Waals surface area contributed by atoms with E-state index in [-0.39, 0.29) is 18.2 Å². The van der Waals surface area contributed by atoms with Crippen LogP contribution in [0.3, 0.4) is 0 Å². The van der Waals surface area contributed by atoms with E-state index in [0.29, 0.717) is 54.7 Å². The number of β-amino-alcohol motifs (C(OH)–C–C–N with tert-alkyl or cyclic N) is 1. The number of carboxylic acid groups (broad SMARTS) is 1. The smallest absolute Gasteiger partial charge is 0.341 e. The first-order valence-electron chi connectivity index (χ1n) is 11.2. The van der Waals surface area contributed by atoms with Gasteiger partial charge in [-0.05, 0) is 43.5 Å². The van der Waals surface area contributed by atoms with Gasteiger partial charge in [-0.3, -0.25) is 10.2 Å². The molecular formula is C24H26N4O5. The molecule has 1 unspecified atom stereocenters. The van der Waals surface area contributed by atoms with Crippen LogP contribution in [-0.2, 0) is 11.3 Å².